The fourth-order valence-electron chi connectivity index (χ4n) is 2.86. The normalized spacial score (nSPS) is 17.5. The summed E-state index contributed by atoms with van der Waals surface area (Å²) < 4.78 is 0. The van der Waals surface area contributed by atoms with E-state index in [4.69, 9.17) is 0 Å². The van der Waals surface area contributed by atoms with Crippen LogP contribution >= 0.6 is 12.4 Å². The van der Waals surface area contributed by atoms with Crippen molar-refractivity contribution in [2.75, 3.05) is 13.1 Å². The maximum absolute atomic E-state index is 11.7. The Kier molecular flexibility index (Phi) is 14.5. The summed E-state index contributed by atoms with van der Waals surface area (Å²) in [5, 5.41) is 6.28. The molecular formula is C17H35ClN2O. The van der Waals surface area contributed by atoms with Crippen LogP contribution in [-0.2, 0) is 4.79 Å². The Morgan fingerprint density at radius 2 is 1.57 bits per heavy atom. The molecule has 1 saturated heterocycles. The molecular weight excluding hydrogens is 284 g/mol. The Hall–Kier alpha value is -0.280. The van der Waals surface area contributed by atoms with Gasteiger partial charge in [-0.15, -0.1) is 12.4 Å². The lowest BCUT2D eigenvalue weighted by atomic mass is 10.1. The first-order valence-electron chi connectivity index (χ1n) is 8.85. The zero-order valence-corrected chi connectivity index (χ0v) is 14.6. The summed E-state index contributed by atoms with van der Waals surface area (Å²) in [6.07, 6.45) is 15.6. The standard InChI is InChI=1S/C17H34N2O.ClH/c1-2-3-4-5-6-7-8-9-10-11-14-19-17(20)16-13-12-15-18-16;/h16,18H,2-15H2,1H3,(H,19,20);1H. The van der Waals surface area contributed by atoms with E-state index in [-0.39, 0.29) is 24.4 Å². The van der Waals surface area contributed by atoms with E-state index >= 15 is 0 Å². The smallest absolute Gasteiger partial charge is 0.237 e. The third-order valence-electron chi connectivity index (χ3n) is 4.21. The van der Waals surface area contributed by atoms with Crippen LogP contribution in [-0.4, -0.2) is 25.0 Å². The summed E-state index contributed by atoms with van der Waals surface area (Å²) >= 11 is 0. The summed E-state index contributed by atoms with van der Waals surface area (Å²) in [6.45, 7) is 4.12. The number of hydrogen-bond acceptors (Lipinski definition) is 2. The molecule has 0 aromatic heterocycles. The molecule has 1 aliphatic rings. The van der Waals surface area contributed by atoms with Gasteiger partial charge in [0, 0.05) is 6.54 Å². The van der Waals surface area contributed by atoms with Gasteiger partial charge in [0.05, 0.1) is 6.04 Å². The molecule has 0 aliphatic carbocycles. The minimum absolute atomic E-state index is 0. The number of hydrogen-bond donors (Lipinski definition) is 2. The summed E-state index contributed by atoms with van der Waals surface area (Å²) in [5.41, 5.74) is 0. The van der Waals surface area contributed by atoms with Crippen molar-refractivity contribution in [2.24, 2.45) is 0 Å². The van der Waals surface area contributed by atoms with E-state index in [0.717, 1.165) is 32.4 Å². The van der Waals surface area contributed by atoms with Crippen LogP contribution in [0.1, 0.15) is 84.0 Å². The van der Waals surface area contributed by atoms with Gasteiger partial charge >= 0.3 is 0 Å². The lowest BCUT2D eigenvalue weighted by molar-refractivity contribution is -0.122. The van der Waals surface area contributed by atoms with E-state index in [9.17, 15) is 4.79 Å². The first-order valence-corrected chi connectivity index (χ1v) is 8.85. The van der Waals surface area contributed by atoms with Crippen LogP contribution in [0.4, 0.5) is 0 Å². The zero-order valence-electron chi connectivity index (χ0n) is 13.8. The molecule has 2 N–H and O–H groups in total. The van der Waals surface area contributed by atoms with Crippen LogP contribution in [0.2, 0.25) is 0 Å². The molecule has 1 unspecified atom stereocenters. The third kappa shape index (κ3) is 11.0. The van der Waals surface area contributed by atoms with Crippen molar-refractivity contribution in [1.82, 2.24) is 10.6 Å². The topological polar surface area (TPSA) is 41.1 Å². The van der Waals surface area contributed by atoms with Crippen LogP contribution < -0.4 is 10.6 Å². The molecule has 1 heterocycles. The molecule has 3 nitrogen and oxygen atoms in total. The van der Waals surface area contributed by atoms with Gasteiger partial charge in [-0.05, 0) is 25.8 Å². The maximum atomic E-state index is 11.7. The van der Waals surface area contributed by atoms with E-state index in [0.29, 0.717) is 0 Å². The molecule has 0 radical (unpaired) electrons. The highest BCUT2D eigenvalue weighted by Crippen LogP contribution is 2.10. The van der Waals surface area contributed by atoms with Crippen LogP contribution in [0.15, 0.2) is 0 Å². The monoisotopic (exact) mass is 318 g/mol. The van der Waals surface area contributed by atoms with E-state index in [1.807, 2.05) is 0 Å². The van der Waals surface area contributed by atoms with Gasteiger partial charge in [0.25, 0.3) is 0 Å². The van der Waals surface area contributed by atoms with Gasteiger partial charge in [0.15, 0.2) is 0 Å². The Morgan fingerprint density at radius 3 is 2.10 bits per heavy atom. The van der Waals surface area contributed by atoms with Gasteiger partial charge in [-0.25, -0.2) is 0 Å². The van der Waals surface area contributed by atoms with E-state index < -0.39 is 0 Å². The second kappa shape index (κ2) is 14.6. The number of amides is 1. The van der Waals surface area contributed by atoms with Crippen LogP contribution in [0.25, 0.3) is 0 Å². The second-order valence-electron chi connectivity index (χ2n) is 6.12. The van der Waals surface area contributed by atoms with Crippen molar-refractivity contribution < 1.29 is 4.79 Å². The Morgan fingerprint density at radius 1 is 1.00 bits per heavy atom. The van der Waals surface area contributed by atoms with Gasteiger partial charge in [-0.2, -0.15) is 0 Å². The SMILES string of the molecule is CCCCCCCCCCCCNC(=O)C1CCCN1.Cl. The van der Waals surface area contributed by atoms with Crippen molar-refractivity contribution in [3.05, 3.63) is 0 Å². The third-order valence-corrected chi connectivity index (χ3v) is 4.21. The molecule has 1 fully saturated rings. The highest BCUT2D eigenvalue weighted by Gasteiger charge is 2.20. The fraction of sp³-hybridized carbons (Fsp3) is 0.941. The molecule has 1 atom stereocenters. The molecule has 1 amide bonds. The molecule has 0 aromatic carbocycles. The Balaban J connectivity index is 0.00000400. The fourth-order valence-corrected chi connectivity index (χ4v) is 2.86. The van der Waals surface area contributed by atoms with Crippen LogP contribution in [0.3, 0.4) is 0 Å². The van der Waals surface area contributed by atoms with Crippen molar-refractivity contribution in [1.29, 1.82) is 0 Å². The largest absolute Gasteiger partial charge is 0.355 e. The molecule has 0 aromatic rings. The molecule has 4 heteroatoms. The first kappa shape index (κ1) is 20.7. The van der Waals surface area contributed by atoms with E-state index in [1.165, 1.54) is 57.8 Å². The second-order valence-corrected chi connectivity index (χ2v) is 6.12. The number of nitrogens with one attached hydrogen (secondary N) is 2. The summed E-state index contributed by atoms with van der Waals surface area (Å²) in [7, 11) is 0. The van der Waals surface area contributed by atoms with Gasteiger partial charge in [0.2, 0.25) is 5.91 Å². The minimum atomic E-state index is 0. The Labute approximate surface area is 137 Å². The number of carbonyl (C=O) groups is 1. The number of carbonyl (C=O) groups excluding carboxylic acids is 1. The molecule has 21 heavy (non-hydrogen) atoms. The Bertz CT molecular complexity index is 243. The highest BCUT2D eigenvalue weighted by molar-refractivity contribution is 5.85. The van der Waals surface area contributed by atoms with E-state index in [1.54, 1.807) is 0 Å². The molecule has 1 aliphatic heterocycles. The first-order chi connectivity index (χ1) is 9.84. The van der Waals surface area contributed by atoms with Gasteiger partial charge in [-0.1, -0.05) is 64.7 Å². The number of rotatable bonds is 12. The zero-order chi connectivity index (χ0) is 14.5. The highest BCUT2D eigenvalue weighted by atomic mass is 35.5. The molecule has 126 valence electrons. The maximum Gasteiger partial charge on any atom is 0.237 e. The van der Waals surface area contributed by atoms with Crippen molar-refractivity contribution in [2.45, 2.75) is 90.0 Å². The number of halogens is 1. The minimum Gasteiger partial charge on any atom is -0.355 e. The molecule has 0 saturated carbocycles. The van der Waals surface area contributed by atoms with Gasteiger partial charge < -0.3 is 10.6 Å². The summed E-state index contributed by atoms with van der Waals surface area (Å²) in [4.78, 5) is 11.7. The molecule has 0 spiro atoms. The lowest BCUT2D eigenvalue weighted by Crippen LogP contribution is -2.40. The lowest BCUT2D eigenvalue weighted by Gasteiger charge is -2.10. The van der Waals surface area contributed by atoms with E-state index in [2.05, 4.69) is 17.6 Å². The average Bonchev–Trinajstić information content (AvgIpc) is 2.99. The van der Waals surface area contributed by atoms with Crippen molar-refractivity contribution in [3.8, 4) is 0 Å². The summed E-state index contributed by atoms with van der Waals surface area (Å²) in [5.74, 6) is 0.207. The predicted molar refractivity (Wildman–Crippen MR) is 93.1 cm³/mol. The number of unbranched alkanes of at least 4 members (excludes halogenated alkanes) is 9. The predicted octanol–water partition coefficient (Wildman–Crippen LogP) is 4.20. The van der Waals surface area contributed by atoms with Crippen LogP contribution in [0, 0.1) is 0 Å². The van der Waals surface area contributed by atoms with Crippen molar-refractivity contribution >= 4 is 18.3 Å². The summed E-state index contributed by atoms with van der Waals surface area (Å²) in [6, 6.07) is 0.0816. The van der Waals surface area contributed by atoms with Crippen LogP contribution in [0.5, 0.6) is 0 Å². The molecule has 0 bridgehead atoms. The quantitative estimate of drug-likeness (QED) is 0.530. The average molecular weight is 319 g/mol. The van der Waals surface area contributed by atoms with Crippen molar-refractivity contribution in [3.63, 3.8) is 0 Å². The van der Waals surface area contributed by atoms with Gasteiger partial charge in [0.1, 0.15) is 0 Å². The molecule has 1 rings (SSSR count). The van der Waals surface area contributed by atoms with Gasteiger partial charge in [-0.3, -0.25) is 4.79 Å².